The molecule has 0 saturated carbocycles. The monoisotopic (exact) mass is 410 g/mol. The molecule has 2 aromatic rings. The second-order valence-electron chi connectivity index (χ2n) is 6.30. The zero-order chi connectivity index (χ0) is 18.8. The van der Waals surface area contributed by atoms with Gasteiger partial charge in [0, 0.05) is 36.3 Å². The van der Waals surface area contributed by atoms with Crippen molar-refractivity contribution >= 4 is 47.3 Å². The molecule has 6 nitrogen and oxygen atoms in total. The molecule has 1 aliphatic heterocycles. The summed E-state index contributed by atoms with van der Waals surface area (Å²) in [5.74, 6) is 0.603. The van der Waals surface area contributed by atoms with Gasteiger partial charge >= 0.3 is 0 Å². The van der Waals surface area contributed by atoms with Gasteiger partial charge in [0.25, 0.3) is 0 Å². The van der Waals surface area contributed by atoms with E-state index in [0.29, 0.717) is 33.0 Å². The molecule has 1 aromatic carbocycles. The zero-order valence-corrected chi connectivity index (χ0v) is 16.8. The second kappa shape index (κ2) is 8.00. The largest absolute Gasteiger partial charge is 0.339 e. The van der Waals surface area contributed by atoms with Crippen LogP contribution in [0.4, 0.5) is 5.95 Å². The molecule has 0 bridgehead atoms. The average Bonchev–Trinajstić information content (AvgIpc) is 2.59. The molecule has 9 heteroatoms. The highest BCUT2D eigenvalue weighted by atomic mass is 35.5. The first-order valence-corrected chi connectivity index (χ1v) is 9.77. The minimum Gasteiger partial charge on any atom is -0.339 e. The molecular formula is C17H20Cl2N6S. The number of hydrogen-bond acceptors (Lipinski definition) is 6. The van der Waals surface area contributed by atoms with Gasteiger partial charge in [-0.3, -0.25) is 15.4 Å². The fourth-order valence-corrected chi connectivity index (χ4v) is 4.42. The van der Waals surface area contributed by atoms with Gasteiger partial charge in [0.05, 0.1) is 21.3 Å². The van der Waals surface area contributed by atoms with Crippen LogP contribution in [0.15, 0.2) is 34.2 Å². The van der Waals surface area contributed by atoms with Crippen LogP contribution < -0.4 is 15.7 Å². The Balaban J connectivity index is 1.96. The summed E-state index contributed by atoms with van der Waals surface area (Å²) in [5.41, 5.74) is 0.199. The smallest absolute Gasteiger partial charge is 0.212 e. The van der Waals surface area contributed by atoms with Crippen molar-refractivity contribution in [3.8, 4) is 0 Å². The van der Waals surface area contributed by atoms with E-state index in [1.165, 1.54) is 16.3 Å². The van der Waals surface area contributed by atoms with E-state index in [1.54, 1.807) is 12.3 Å². The van der Waals surface area contributed by atoms with Crippen LogP contribution in [0.3, 0.4) is 0 Å². The van der Waals surface area contributed by atoms with Crippen molar-refractivity contribution in [2.24, 2.45) is 0 Å². The van der Waals surface area contributed by atoms with E-state index in [1.807, 2.05) is 12.1 Å². The van der Waals surface area contributed by atoms with Gasteiger partial charge in [-0.1, -0.05) is 41.0 Å². The number of halogens is 2. The highest BCUT2D eigenvalue weighted by molar-refractivity contribution is 7.99. The Morgan fingerprint density at radius 2 is 1.92 bits per heavy atom. The molecule has 0 amide bonds. The van der Waals surface area contributed by atoms with E-state index in [-0.39, 0.29) is 5.49 Å². The van der Waals surface area contributed by atoms with Crippen LogP contribution in [0.5, 0.6) is 0 Å². The number of rotatable bonds is 4. The summed E-state index contributed by atoms with van der Waals surface area (Å²) in [4.78, 5) is 8.01. The quantitative estimate of drug-likeness (QED) is 0.532. The summed E-state index contributed by atoms with van der Waals surface area (Å²) in [6, 6.07) is 6.01. The maximum absolute atomic E-state index is 8.51. The lowest BCUT2D eigenvalue weighted by Gasteiger charge is -2.37. The average molecular weight is 411 g/mol. The number of nitrogens with one attached hydrogen (secondary N) is 3. The molecule has 3 N–H and O–H groups in total. The highest BCUT2D eigenvalue weighted by Gasteiger charge is 2.24. The van der Waals surface area contributed by atoms with Crippen molar-refractivity contribution in [3.05, 3.63) is 39.9 Å². The first kappa shape index (κ1) is 19.2. The number of piperazine rings is 1. The molecule has 138 valence electrons. The van der Waals surface area contributed by atoms with Gasteiger partial charge in [-0.05, 0) is 26.0 Å². The van der Waals surface area contributed by atoms with Gasteiger partial charge in [-0.2, -0.15) is 0 Å². The minimum absolute atomic E-state index is 0.199. The van der Waals surface area contributed by atoms with Gasteiger partial charge in [-0.15, -0.1) is 0 Å². The van der Waals surface area contributed by atoms with Crippen LogP contribution in [0.2, 0.25) is 10.0 Å². The number of aromatic nitrogens is 2. The SMILES string of the molecule is CC1CN(c2ncc(Sc3cccc(Cl)c3Cl)c(=N)n2C=N)CC(C)N1. The molecule has 2 atom stereocenters. The Labute approximate surface area is 166 Å². The minimum atomic E-state index is 0.199. The predicted octanol–water partition coefficient (Wildman–Crippen LogP) is 3.46. The molecule has 1 fully saturated rings. The van der Waals surface area contributed by atoms with Crippen LogP contribution in [0.25, 0.3) is 0 Å². The number of hydrogen-bond donors (Lipinski definition) is 3. The van der Waals surface area contributed by atoms with Crippen molar-refractivity contribution in [2.75, 3.05) is 18.0 Å². The summed E-state index contributed by atoms with van der Waals surface area (Å²) in [7, 11) is 0. The highest BCUT2D eigenvalue weighted by Crippen LogP contribution is 2.35. The third-order valence-corrected chi connectivity index (χ3v) is 6.10. The molecular weight excluding hydrogens is 391 g/mol. The molecule has 0 radical (unpaired) electrons. The molecule has 2 heterocycles. The summed E-state index contributed by atoms with van der Waals surface area (Å²) in [6.07, 6.45) is 2.79. The van der Waals surface area contributed by atoms with Crippen molar-refractivity contribution in [1.82, 2.24) is 14.9 Å². The number of nitrogens with zero attached hydrogens (tertiary/aromatic N) is 3. The van der Waals surface area contributed by atoms with Gasteiger partial charge in [0.2, 0.25) is 5.95 Å². The van der Waals surface area contributed by atoms with Gasteiger partial charge in [-0.25, -0.2) is 4.98 Å². The molecule has 0 aliphatic carbocycles. The molecule has 2 unspecified atom stereocenters. The van der Waals surface area contributed by atoms with Crippen molar-refractivity contribution in [2.45, 2.75) is 35.7 Å². The topological polar surface area (TPSA) is 80.8 Å². The van der Waals surface area contributed by atoms with E-state index in [2.05, 4.69) is 29.0 Å². The normalized spacial score (nSPS) is 20.2. The molecule has 1 aromatic heterocycles. The lowest BCUT2D eigenvalue weighted by Crippen LogP contribution is -2.55. The maximum atomic E-state index is 8.51. The van der Waals surface area contributed by atoms with Crippen LogP contribution in [0.1, 0.15) is 13.8 Å². The molecule has 26 heavy (non-hydrogen) atoms. The van der Waals surface area contributed by atoms with Crippen molar-refractivity contribution < 1.29 is 0 Å². The van der Waals surface area contributed by atoms with Crippen molar-refractivity contribution in [1.29, 1.82) is 10.8 Å². The third kappa shape index (κ3) is 3.91. The standard InChI is InChI=1S/C17H20Cl2N6S/c1-10-7-24(8-11(2)23-10)17-22-6-14(16(21)25(17)9-20)26-13-5-3-4-12(18)15(13)19/h3-6,9-11,20-21,23H,7-8H2,1-2H3. The van der Waals surface area contributed by atoms with Crippen molar-refractivity contribution in [3.63, 3.8) is 0 Å². The summed E-state index contributed by atoms with van der Waals surface area (Å²) < 4.78 is 1.49. The molecule has 0 spiro atoms. The number of benzene rings is 1. The molecule has 3 rings (SSSR count). The fraction of sp³-hybridized carbons (Fsp3) is 0.353. The first-order valence-electron chi connectivity index (χ1n) is 8.20. The Morgan fingerprint density at radius 3 is 2.58 bits per heavy atom. The van der Waals surface area contributed by atoms with Gasteiger partial charge in [0.1, 0.15) is 5.49 Å². The van der Waals surface area contributed by atoms with Gasteiger partial charge in [0.15, 0.2) is 0 Å². The van der Waals surface area contributed by atoms with Gasteiger partial charge < -0.3 is 10.2 Å². The maximum Gasteiger partial charge on any atom is 0.212 e. The molecule has 1 aliphatic rings. The Bertz CT molecular complexity index is 874. The Morgan fingerprint density at radius 1 is 1.23 bits per heavy atom. The Kier molecular flexibility index (Phi) is 5.92. The first-order chi connectivity index (χ1) is 12.4. The lowest BCUT2D eigenvalue weighted by molar-refractivity contribution is 0.401. The van der Waals surface area contributed by atoms with Crippen LogP contribution in [-0.2, 0) is 0 Å². The summed E-state index contributed by atoms with van der Waals surface area (Å²) >= 11 is 13.6. The second-order valence-corrected chi connectivity index (χ2v) is 8.17. The fourth-order valence-electron chi connectivity index (χ4n) is 3.06. The predicted molar refractivity (Wildman–Crippen MR) is 107 cm³/mol. The third-order valence-electron chi connectivity index (χ3n) is 4.09. The lowest BCUT2D eigenvalue weighted by atomic mass is 10.1. The van der Waals surface area contributed by atoms with E-state index >= 15 is 0 Å². The summed E-state index contributed by atoms with van der Waals surface area (Å²) in [6.45, 7) is 5.78. The summed E-state index contributed by atoms with van der Waals surface area (Å²) in [5, 5.41) is 20.7. The van der Waals surface area contributed by atoms with Crippen LogP contribution in [-0.4, -0.2) is 41.1 Å². The Hall–Kier alpha value is -1.54. The van der Waals surface area contributed by atoms with E-state index in [4.69, 9.17) is 34.0 Å². The zero-order valence-electron chi connectivity index (χ0n) is 14.5. The van der Waals surface area contributed by atoms with Crippen LogP contribution in [0, 0.1) is 10.8 Å². The van der Waals surface area contributed by atoms with E-state index in [9.17, 15) is 0 Å². The van der Waals surface area contributed by atoms with E-state index < -0.39 is 0 Å². The molecule has 1 saturated heterocycles. The number of anilines is 1. The van der Waals surface area contributed by atoms with Crippen LogP contribution >= 0.6 is 35.0 Å². The van der Waals surface area contributed by atoms with E-state index in [0.717, 1.165) is 24.3 Å².